The van der Waals surface area contributed by atoms with E-state index in [-0.39, 0.29) is 17.9 Å². The molecule has 0 aliphatic carbocycles. The molecule has 0 bridgehead atoms. The SMILES string of the molecule is Cc1ccc2[nH]c(C)c(CC(=O)NNC(=O)c3ccc(F)cc3)c2c1. The van der Waals surface area contributed by atoms with E-state index in [1.54, 1.807) is 0 Å². The van der Waals surface area contributed by atoms with E-state index in [1.807, 2.05) is 32.0 Å². The number of hydrogen-bond donors (Lipinski definition) is 3. The highest BCUT2D eigenvalue weighted by Crippen LogP contribution is 2.23. The molecule has 0 aliphatic heterocycles. The standard InChI is InChI=1S/C19H18FN3O2/c1-11-3-8-17-16(9-11)15(12(2)21-17)10-18(24)22-23-19(25)13-4-6-14(20)7-5-13/h3-9,21H,10H2,1-2H3,(H,22,24)(H,23,25). The van der Waals surface area contributed by atoms with Gasteiger partial charge in [0.05, 0.1) is 6.42 Å². The molecule has 0 saturated carbocycles. The van der Waals surface area contributed by atoms with E-state index in [9.17, 15) is 14.0 Å². The third kappa shape index (κ3) is 3.68. The highest BCUT2D eigenvalue weighted by molar-refractivity contribution is 5.96. The number of nitrogens with one attached hydrogen (secondary N) is 3. The number of aryl methyl sites for hydroxylation is 2. The third-order valence-corrected chi connectivity index (χ3v) is 4.03. The summed E-state index contributed by atoms with van der Waals surface area (Å²) in [5.41, 5.74) is 8.89. The number of aromatic nitrogens is 1. The number of fused-ring (bicyclic) bond motifs is 1. The molecule has 0 aliphatic rings. The van der Waals surface area contributed by atoms with Crippen LogP contribution in [0.15, 0.2) is 42.5 Å². The lowest BCUT2D eigenvalue weighted by molar-refractivity contribution is -0.121. The summed E-state index contributed by atoms with van der Waals surface area (Å²) < 4.78 is 12.9. The first-order valence-corrected chi connectivity index (χ1v) is 7.86. The maximum Gasteiger partial charge on any atom is 0.269 e. The Morgan fingerprint density at radius 3 is 2.48 bits per heavy atom. The Morgan fingerprint density at radius 1 is 1.04 bits per heavy atom. The molecule has 0 unspecified atom stereocenters. The van der Waals surface area contributed by atoms with Crippen molar-refractivity contribution >= 4 is 22.7 Å². The van der Waals surface area contributed by atoms with E-state index in [1.165, 1.54) is 24.3 Å². The fourth-order valence-electron chi connectivity index (χ4n) is 2.73. The molecule has 2 amide bonds. The number of rotatable bonds is 3. The zero-order chi connectivity index (χ0) is 18.0. The minimum Gasteiger partial charge on any atom is -0.358 e. The van der Waals surface area contributed by atoms with Crippen LogP contribution in [0.4, 0.5) is 4.39 Å². The quantitative estimate of drug-likeness (QED) is 0.642. The number of carbonyl (C=O) groups excluding carboxylic acids is 2. The number of H-pyrrole nitrogens is 1. The van der Waals surface area contributed by atoms with Crippen LogP contribution in [0.3, 0.4) is 0 Å². The zero-order valence-electron chi connectivity index (χ0n) is 13.9. The van der Waals surface area contributed by atoms with E-state index in [4.69, 9.17) is 0 Å². The Labute approximate surface area is 144 Å². The Morgan fingerprint density at radius 2 is 1.76 bits per heavy atom. The molecule has 6 heteroatoms. The van der Waals surface area contributed by atoms with Crippen LogP contribution in [0.25, 0.3) is 10.9 Å². The van der Waals surface area contributed by atoms with Crippen molar-refractivity contribution < 1.29 is 14.0 Å². The van der Waals surface area contributed by atoms with Crippen molar-refractivity contribution in [3.05, 3.63) is 70.7 Å². The molecule has 1 aromatic heterocycles. The van der Waals surface area contributed by atoms with Crippen LogP contribution >= 0.6 is 0 Å². The lowest BCUT2D eigenvalue weighted by Crippen LogP contribution is -2.42. The van der Waals surface area contributed by atoms with Gasteiger partial charge in [-0.1, -0.05) is 11.6 Å². The number of hydrazine groups is 1. The Hall–Kier alpha value is -3.15. The summed E-state index contributed by atoms with van der Waals surface area (Å²) in [5.74, 6) is -1.26. The van der Waals surface area contributed by atoms with Crippen molar-refractivity contribution in [1.29, 1.82) is 0 Å². The second kappa shape index (κ2) is 6.76. The number of halogens is 1. The van der Waals surface area contributed by atoms with E-state index < -0.39 is 11.7 Å². The van der Waals surface area contributed by atoms with Crippen molar-refractivity contribution in [2.24, 2.45) is 0 Å². The van der Waals surface area contributed by atoms with Crippen LogP contribution in [-0.2, 0) is 11.2 Å². The minimum absolute atomic E-state index is 0.138. The first kappa shape index (κ1) is 16.7. The maximum atomic E-state index is 12.9. The van der Waals surface area contributed by atoms with Gasteiger partial charge in [0, 0.05) is 22.2 Å². The van der Waals surface area contributed by atoms with Crippen molar-refractivity contribution in [2.45, 2.75) is 20.3 Å². The van der Waals surface area contributed by atoms with Gasteiger partial charge in [0.2, 0.25) is 5.91 Å². The van der Waals surface area contributed by atoms with Crippen LogP contribution < -0.4 is 10.9 Å². The van der Waals surface area contributed by atoms with Crippen molar-refractivity contribution in [2.75, 3.05) is 0 Å². The van der Waals surface area contributed by atoms with Gasteiger partial charge in [-0.3, -0.25) is 20.4 Å². The predicted octanol–water partition coefficient (Wildman–Crippen LogP) is 2.93. The van der Waals surface area contributed by atoms with Gasteiger partial charge in [-0.25, -0.2) is 4.39 Å². The van der Waals surface area contributed by atoms with Gasteiger partial charge in [-0.05, 0) is 55.8 Å². The average Bonchev–Trinajstić information content (AvgIpc) is 2.88. The predicted molar refractivity (Wildman–Crippen MR) is 93.5 cm³/mol. The fraction of sp³-hybridized carbons (Fsp3) is 0.158. The van der Waals surface area contributed by atoms with Crippen molar-refractivity contribution in [3.8, 4) is 0 Å². The summed E-state index contributed by atoms with van der Waals surface area (Å²) in [6.07, 6.45) is 0.138. The topological polar surface area (TPSA) is 74.0 Å². The molecule has 0 radical (unpaired) electrons. The monoisotopic (exact) mass is 339 g/mol. The van der Waals surface area contributed by atoms with Crippen LogP contribution in [0.1, 0.15) is 27.2 Å². The van der Waals surface area contributed by atoms with Crippen LogP contribution in [0.2, 0.25) is 0 Å². The molecule has 5 nitrogen and oxygen atoms in total. The molecular weight excluding hydrogens is 321 g/mol. The summed E-state index contributed by atoms with van der Waals surface area (Å²) in [7, 11) is 0. The van der Waals surface area contributed by atoms with E-state index >= 15 is 0 Å². The lowest BCUT2D eigenvalue weighted by Gasteiger charge is -2.08. The Balaban J connectivity index is 1.67. The molecule has 0 atom stereocenters. The van der Waals surface area contributed by atoms with Gasteiger partial charge in [-0.2, -0.15) is 0 Å². The molecule has 2 aromatic carbocycles. The van der Waals surface area contributed by atoms with E-state index in [0.717, 1.165) is 27.7 Å². The normalized spacial score (nSPS) is 10.7. The minimum atomic E-state index is -0.500. The largest absolute Gasteiger partial charge is 0.358 e. The van der Waals surface area contributed by atoms with Gasteiger partial charge in [-0.15, -0.1) is 0 Å². The summed E-state index contributed by atoms with van der Waals surface area (Å²) in [6.45, 7) is 3.91. The fourth-order valence-corrected chi connectivity index (χ4v) is 2.73. The summed E-state index contributed by atoms with van der Waals surface area (Å²) in [5, 5.41) is 0.998. The number of aromatic amines is 1. The van der Waals surface area contributed by atoms with E-state index in [2.05, 4.69) is 15.8 Å². The molecule has 3 aromatic rings. The van der Waals surface area contributed by atoms with Crippen molar-refractivity contribution in [1.82, 2.24) is 15.8 Å². The molecule has 3 rings (SSSR count). The number of benzene rings is 2. The van der Waals surface area contributed by atoms with Gasteiger partial charge in [0.15, 0.2) is 0 Å². The average molecular weight is 339 g/mol. The Kier molecular flexibility index (Phi) is 4.52. The van der Waals surface area contributed by atoms with Gasteiger partial charge in [0.25, 0.3) is 5.91 Å². The molecule has 128 valence electrons. The third-order valence-electron chi connectivity index (χ3n) is 4.03. The molecule has 0 fully saturated rings. The summed E-state index contributed by atoms with van der Waals surface area (Å²) in [6, 6.07) is 11.1. The second-order valence-corrected chi connectivity index (χ2v) is 5.96. The molecular formula is C19H18FN3O2. The molecule has 25 heavy (non-hydrogen) atoms. The smallest absolute Gasteiger partial charge is 0.269 e. The lowest BCUT2D eigenvalue weighted by atomic mass is 10.1. The zero-order valence-corrected chi connectivity index (χ0v) is 13.9. The highest BCUT2D eigenvalue weighted by atomic mass is 19.1. The first-order valence-electron chi connectivity index (χ1n) is 7.86. The molecule has 1 heterocycles. The Bertz CT molecular complexity index is 945. The summed E-state index contributed by atoms with van der Waals surface area (Å²) >= 11 is 0. The number of hydrogen-bond acceptors (Lipinski definition) is 2. The van der Waals surface area contributed by atoms with Gasteiger partial charge >= 0.3 is 0 Å². The van der Waals surface area contributed by atoms with Crippen LogP contribution in [-0.4, -0.2) is 16.8 Å². The number of amides is 2. The van der Waals surface area contributed by atoms with Crippen LogP contribution in [0, 0.1) is 19.7 Å². The summed E-state index contributed by atoms with van der Waals surface area (Å²) in [4.78, 5) is 27.4. The first-order chi connectivity index (χ1) is 11.9. The molecule has 0 spiro atoms. The molecule has 0 saturated heterocycles. The second-order valence-electron chi connectivity index (χ2n) is 5.96. The number of carbonyl (C=O) groups is 2. The maximum absolute atomic E-state index is 12.9. The van der Waals surface area contributed by atoms with Crippen LogP contribution in [0.5, 0.6) is 0 Å². The van der Waals surface area contributed by atoms with Gasteiger partial charge < -0.3 is 4.98 Å². The van der Waals surface area contributed by atoms with Crippen molar-refractivity contribution in [3.63, 3.8) is 0 Å². The van der Waals surface area contributed by atoms with E-state index in [0.29, 0.717) is 0 Å². The highest BCUT2D eigenvalue weighted by Gasteiger charge is 2.13. The molecule has 3 N–H and O–H groups in total. The van der Waals surface area contributed by atoms with Gasteiger partial charge in [0.1, 0.15) is 5.82 Å².